The summed E-state index contributed by atoms with van der Waals surface area (Å²) in [4.78, 5) is 29.6. The van der Waals surface area contributed by atoms with Crippen molar-refractivity contribution in [2.75, 3.05) is 13.2 Å². The Morgan fingerprint density at radius 2 is 2.08 bits per heavy atom. The average Bonchev–Trinajstić information content (AvgIpc) is 3.45. The number of aliphatic hydroxyl groups is 1. The number of hydrogen-bond acceptors (Lipinski definition) is 7. The number of nitrogens with zero attached hydrogens (tertiary/aromatic N) is 3. The number of carbonyl (C=O) groups is 1. The summed E-state index contributed by atoms with van der Waals surface area (Å²) in [5, 5.41) is 13.3. The van der Waals surface area contributed by atoms with Crippen molar-refractivity contribution in [1.29, 1.82) is 0 Å². The van der Waals surface area contributed by atoms with Crippen LogP contribution in [0.15, 0.2) is 35.3 Å². The van der Waals surface area contributed by atoms with Gasteiger partial charge in [-0.2, -0.15) is 0 Å². The van der Waals surface area contributed by atoms with Crippen LogP contribution in [0.2, 0.25) is 0 Å². The lowest BCUT2D eigenvalue weighted by Gasteiger charge is -2.21. The third kappa shape index (κ3) is 5.69. The van der Waals surface area contributed by atoms with E-state index in [-0.39, 0.29) is 11.7 Å². The molecule has 0 saturated carbocycles. The fraction of sp³-hybridized carbons (Fsp3) is 0.519. The lowest BCUT2D eigenvalue weighted by atomic mass is 10.1. The van der Waals surface area contributed by atoms with Gasteiger partial charge in [-0.1, -0.05) is 6.07 Å². The van der Waals surface area contributed by atoms with E-state index in [0.717, 1.165) is 47.6 Å². The van der Waals surface area contributed by atoms with Gasteiger partial charge in [-0.3, -0.25) is 14.9 Å². The number of ether oxygens (including phenoxy) is 2. The molecule has 1 unspecified atom stereocenters. The summed E-state index contributed by atoms with van der Waals surface area (Å²) in [6.07, 6.45) is 1.66. The smallest absolute Gasteiger partial charge is 0.326 e. The summed E-state index contributed by atoms with van der Waals surface area (Å²) < 4.78 is 14.7. The molecule has 1 aliphatic rings. The number of hydrogen-bond donors (Lipinski definition) is 2. The Morgan fingerprint density at radius 3 is 2.72 bits per heavy atom. The van der Waals surface area contributed by atoms with Crippen LogP contribution in [-0.2, 0) is 34.4 Å². The van der Waals surface area contributed by atoms with Gasteiger partial charge < -0.3 is 23.7 Å². The summed E-state index contributed by atoms with van der Waals surface area (Å²) >= 11 is 0. The van der Waals surface area contributed by atoms with Crippen molar-refractivity contribution in [2.45, 2.75) is 65.5 Å². The van der Waals surface area contributed by atoms with Gasteiger partial charge >= 0.3 is 5.97 Å². The molecule has 0 aliphatic carbocycles. The molecule has 194 valence electrons. The summed E-state index contributed by atoms with van der Waals surface area (Å²) in [5.41, 5.74) is 4.31. The normalized spacial score (nSPS) is 17.6. The second-order valence-corrected chi connectivity index (χ2v) is 10.0. The van der Waals surface area contributed by atoms with Crippen LogP contribution in [0.25, 0.3) is 22.4 Å². The first-order valence-corrected chi connectivity index (χ1v) is 12.5. The summed E-state index contributed by atoms with van der Waals surface area (Å²) in [6.45, 7) is 9.55. The highest BCUT2D eigenvalue weighted by molar-refractivity contribution is 5.81. The van der Waals surface area contributed by atoms with Crippen molar-refractivity contribution < 1.29 is 19.4 Å². The minimum Gasteiger partial charge on any atom is -0.462 e. The highest BCUT2D eigenvalue weighted by Gasteiger charge is 2.26. The number of fused-ring (bicyclic) bond motifs is 1. The van der Waals surface area contributed by atoms with Crippen LogP contribution < -0.4 is 10.9 Å². The monoisotopic (exact) mass is 496 g/mol. The van der Waals surface area contributed by atoms with Crippen molar-refractivity contribution in [3.05, 3.63) is 51.9 Å². The second-order valence-electron chi connectivity index (χ2n) is 10.0. The molecule has 9 heteroatoms. The van der Waals surface area contributed by atoms with Gasteiger partial charge in [0.15, 0.2) is 0 Å². The zero-order chi connectivity index (χ0) is 26.0. The van der Waals surface area contributed by atoms with Crippen molar-refractivity contribution in [2.24, 2.45) is 13.0 Å². The number of nitrogens with one attached hydrogen (secondary N) is 1. The SMILES string of the molecule is Cc1cc(-c2nc3ccc(CN[C@H](C(=O)OC(C)C)[C@@H](C)O)cc3n2CC2CCOC2)cn(C)c1=O. The summed E-state index contributed by atoms with van der Waals surface area (Å²) in [5.74, 6) is 0.713. The van der Waals surface area contributed by atoms with E-state index in [1.807, 2.05) is 31.3 Å². The van der Waals surface area contributed by atoms with E-state index in [0.29, 0.717) is 24.6 Å². The molecule has 2 N–H and O–H groups in total. The van der Waals surface area contributed by atoms with Gasteiger partial charge in [0.05, 0.1) is 29.8 Å². The molecule has 9 nitrogen and oxygen atoms in total. The molecule has 36 heavy (non-hydrogen) atoms. The molecular formula is C27H36N4O5. The predicted octanol–water partition coefficient (Wildman–Crippen LogP) is 2.54. The van der Waals surface area contributed by atoms with Gasteiger partial charge in [0.25, 0.3) is 5.56 Å². The number of carbonyl (C=O) groups excluding carboxylic acids is 1. The highest BCUT2D eigenvalue weighted by Crippen LogP contribution is 2.28. The van der Waals surface area contributed by atoms with E-state index >= 15 is 0 Å². The third-order valence-corrected chi connectivity index (χ3v) is 6.51. The van der Waals surface area contributed by atoms with E-state index in [1.165, 1.54) is 0 Å². The number of aryl methyl sites for hydroxylation is 2. The Kier molecular flexibility index (Phi) is 7.92. The van der Waals surface area contributed by atoms with Crippen molar-refractivity contribution >= 4 is 17.0 Å². The lowest BCUT2D eigenvalue weighted by molar-refractivity contribution is -0.152. The van der Waals surface area contributed by atoms with Gasteiger partial charge in [-0.05, 0) is 57.9 Å². The van der Waals surface area contributed by atoms with Gasteiger partial charge in [-0.15, -0.1) is 0 Å². The zero-order valence-electron chi connectivity index (χ0n) is 21.7. The largest absolute Gasteiger partial charge is 0.462 e. The summed E-state index contributed by atoms with van der Waals surface area (Å²) in [7, 11) is 1.75. The molecule has 1 aliphatic heterocycles. The molecule has 0 spiro atoms. The van der Waals surface area contributed by atoms with Gasteiger partial charge in [0, 0.05) is 50.0 Å². The maximum atomic E-state index is 12.4. The predicted molar refractivity (Wildman–Crippen MR) is 138 cm³/mol. The third-order valence-electron chi connectivity index (χ3n) is 6.51. The van der Waals surface area contributed by atoms with E-state index in [2.05, 4.69) is 16.0 Å². The van der Waals surface area contributed by atoms with E-state index in [4.69, 9.17) is 14.5 Å². The highest BCUT2D eigenvalue weighted by atomic mass is 16.5. The van der Waals surface area contributed by atoms with E-state index < -0.39 is 18.1 Å². The Labute approximate surface area is 211 Å². The molecule has 2 aromatic heterocycles. The minimum absolute atomic E-state index is 0.0253. The van der Waals surface area contributed by atoms with Crippen molar-refractivity contribution in [3.63, 3.8) is 0 Å². The molecule has 3 aromatic rings. The fourth-order valence-electron chi connectivity index (χ4n) is 4.65. The van der Waals surface area contributed by atoms with Gasteiger partial charge in [-0.25, -0.2) is 4.98 Å². The van der Waals surface area contributed by atoms with Crippen LogP contribution in [0.5, 0.6) is 0 Å². The maximum Gasteiger partial charge on any atom is 0.326 e. The Balaban J connectivity index is 1.69. The topological polar surface area (TPSA) is 108 Å². The molecule has 0 radical (unpaired) electrons. The number of esters is 1. The van der Waals surface area contributed by atoms with Gasteiger partial charge in [0.2, 0.25) is 0 Å². The number of imidazole rings is 1. The van der Waals surface area contributed by atoms with Crippen LogP contribution in [0.4, 0.5) is 0 Å². The van der Waals surface area contributed by atoms with Crippen LogP contribution in [-0.4, -0.2) is 56.7 Å². The molecule has 0 bridgehead atoms. The molecule has 0 amide bonds. The zero-order valence-corrected chi connectivity index (χ0v) is 21.7. The minimum atomic E-state index is -0.896. The molecule has 3 atom stereocenters. The quantitative estimate of drug-likeness (QED) is 0.439. The first-order valence-electron chi connectivity index (χ1n) is 12.5. The standard InChI is InChI=1S/C27H36N4O5/c1-16(2)36-27(34)24(18(4)32)28-12-19-6-7-22-23(11-19)31(13-20-8-9-35-15-20)25(29-22)21-10-17(3)26(33)30(5)14-21/h6-7,10-11,14,16,18,20,24,28,32H,8-9,12-13,15H2,1-5H3/t18-,20?,24+/m1/s1. The first kappa shape index (κ1) is 26.1. The van der Waals surface area contributed by atoms with Crippen LogP contribution in [0.1, 0.15) is 38.3 Å². The number of aliphatic hydroxyl groups excluding tert-OH is 1. The van der Waals surface area contributed by atoms with Crippen LogP contribution in [0.3, 0.4) is 0 Å². The van der Waals surface area contributed by atoms with Crippen LogP contribution in [0, 0.1) is 12.8 Å². The van der Waals surface area contributed by atoms with E-state index in [9.17, 15) is 14.7 Å². The molecular weight excluding hydrogens is 460 g/mol. The average molecular weight is 497 g/mol. The Hall–Kier alpha value is -3.01. The van der Waals surface area contributed by atoms with E-state index in [1.54, 1.807) is 32.4 Å². The number of aromatic nitrogens is 3. The Morgan fingerprint density at radius 1 is 1.31 bits per heavy atom. The van der Waals surface area contributed by atoms with Crippen LogP contribution >= 0.6 is 0 Å². The lowest BCUT2D eigenvalue weighted by Crippen LogP contribution is -2.46. The molecule has 1 saturated heterocycles. The fourth-order valence-corrected chi connectivity index (χ4v) is 4.65. The maximum absolute atomic E-state index is 12.4. The Bertz CT molecular complexity index is 1260. The molecule has 3 heterocycles. The van der Waals surface area contributed by atoms with Gasteiger partial charge in [0.1, 0.15) is 11.9 Å². The summed E-state index contributed by atoms with van der Waals surface area (Å²) in [6, 6.07) is 7.06. The molecule has 4 rings (SSSR count). The molecule has 1 fully saturated rings. The van der Waals surface area contributed by atoms with Crippen molar-refractivity contribution in [1.82, 2.24) is 19.4 Å². The number of rotatable bonds is 9. The first-order chi connectivity index (χ1) is 17.1. The molecule has 1 aromatic carbocycles. The second kappa shape index (κ2) is 10.9. The number of benzene rings is 1. The number of pyridine rings is 1. The van der Waals surface area contributed by atoms with Crippen molar-refractivity contribution in [3.8, 4) is 11.4 Å².